The second-order valence-corrected chi connectivity index (χ2v) is 6.09. The van der Waals surface area contributed by atoms with Gasteiger partial charge in [-0.1, -0.05) is 12.1 Å². The summed E-state index contributed by atoms with van der Waals surface area (Å²) < 4.78 is 0. The van der Waals surface area contributed by atoms with Crippen LogP contribution in [0.15, 0.2) is 42.9 Å². The third-order valence-corrected chi connectivity index (χ3v) is 4.42. The molecule has 0 fully saturated rings. The average molecular weight is 349 g/mol. The normalized spacial score (nSPS) is 12.6. The topological polar surface area (TPSA) is 114 Å². The SMILES string of the molecule is O=C(Nc1cncc2c1CCC2)c1cnc(-c2cccc([N+](=O)[O-])c2)[nH]1. The number of hydrogen-bond donors (Lipinski definition) is 2. The van der Waals surface area contributed by atoms with Crippen LogP contribution in [-0.4, -0.2) is 25.8 Å². The van der Waals surface area contributed by atoms with Gasteiger partial charge >= 0.3 is 0 Å². The molecular formula is C18H15N5O3. The van der Waals surface area contributed by atoms with E-state index in [1.165, 1.54) is 23.9 Å². The summed E-state index contributed by atoms with van der Waals surface area (Å²) >= 11 is 0. The van der Waals surface area contributed by atoms with E-state index >= 15 is 0 Å². The first-order chi connectivity index (χ1) is 12.6. The molecule has 0 atom stereocenters. The lowest BCUT2D eigenvalue weighted by atomic mass is 10.1. The second-order valence-electron chi connectivity index (χ2n) is 6.09. The standard InChI is InChI=1S/C18H15N5O3/c24-18(22-15-9-19-8-12-4-2-6-14(12)15)16-10-20-17(21-16)11-3-1-5-13(7-11)23(25)26/h1,3,5,7-10H,2,4,6H2,(H,20,21)(H,22,24). The molecule has 0 aliphatic heterocycles. The zero-order valence-corrected chi connectivity index (χ0v) is 13.7. The number of H-pyrrole nitrogens is 1. The highest BCUT2D eigenvalue weighted by Crippen LogP contribution is 2.28. The Hall–Kier alpha value is -3.55. The predicted molar refractivity (Wildman–Crippen MR) is 94.9 cm³/mol. The summed E-state index contributed by atoms with van der Waals surface area (Å²) in [5.74, 6) is 0.0755. The summed E-state index contributed by atoms with van der Waals surface area (Å²) in [6.45, 7) is 0. The molecular weight excluding hydrogens is 334 g/mol. The molecule has 3 aromatic rings. The number of carbonyl (C=O) groups excluding carboxylic acids is 1. The van der Waals surface area contributed by atoms with Crippen LogP contribution in [-0.2, 0) is 12.8 Å². The van der Waals surface area contributed by atoms with Crippen molar-refractivity contribution in [1.82, 2.24) is 15.0 Å². The van der Waals surface area contributed by atoms with E-state index in [9.17, 15) is 14.9 Å². The van der Waals surface area contributed by atoms with Gasteiger partial charge in [0, 0.05) is 23.9 Å². The predicted octanol–water partition coefficient (Wildman–Crippen LogP) is 3.12. The number of carbonyl (C=O) groups is 1. The number of rotatable bonds is 4. The number of hydrogen-bond acceptors (Lipinski definition) is 5. The fraction of sp³-hybridized carbons (Fsp3) is 0.167. The lowest BCUT2D eigenvalue weighted by Crippen LogP contribution is -2.14. The van der Waals surface area contributed by atoms with E-state index in [4.69, 9.17) is 0 Å². The number of aryl methyl sites for hydroxylation is 1. The van der Waals surface area contributed by atoms with E-state index in [0.29, 0.717) is 11.4 Å². The highest BCUT2D eigenvalue weighted by atomic mass is 16.6. The molecule has 1 aliphatic carbocycles. The number of nitro benzene ring substituents is 1. The van der Waals surface area contributed by atoms with Crippen LogP contribution in [0.4, 0.5) is 11.4 Å². The number of nitro groups is 1. The van der Waals surface area contributed by atoms with Gasteiger partial charge in [-0.05, 0) is 30.4 Å². The maximum Gasteiger partial charge on any atom is 0.273 e. The van der Waals surface area contributed by atoms with E-state index in [-0.39, 0.29) is 17.3 Å². The second kappa shape index (κ2) is 6.40. The molecule has 0 bridgehead atoms. The van der Waals surface area contributed by atoms with Crippen LogP contribution >= 0.6 is 0 Å². The Morgan fingerprint density at radius 1 is 1.23 bits per heavy atom. The minimum Gasteiger partial charge on any atom is -0.334 e. The largest absolute Gasteiger partial charge is 0.334 e. The Bertz CT molecular complexity index is 1010. The molecule has 0 saturated carbocycles. The maximum absolute atomic E-state index is 12.5. The quantitative estimate of drug-likeness (QED) is 0.555. The minimum absolute atomic E-state index is 0.0316. The molecule has 1 aliphatic rings. The lowest BCUT2D eigenvalue weighted by Gasteiger charge is -2.08. The minimum atomic E-state index is -0.469. The van der Waals surface area contributed by atoms with Gasteiger partial charge < -0.3 is 10.3 Å². The molecule has 2 N–H and O–H groups in total. The number of anilines is 1. The van der Waals surface area contributed by atoms with Crippen LogP contribution in [0, 0.1) is 10.1 Å². The molecule has 8 heteroatoms. The molecule has 1 aromatic carbocycles. The van der Waals surface area contributed by atoms with Gasteiger partial charge in [-0.25, -0.2) is 4.98 Å². The third kappa shape index (κ3) is 2.92. The zero-order valence-electron chi connectivity index (χ0n) is 13.7. The van der Waals surface area contributed by atoms with E-state index in [1.54, 1.807) is 18.3 Å². The monoisotopic (exact) mass is 349 g/mol. The summed E-state index contributed by atoms with van der Waals surface area (Å²) in [6.07, 6.45) is 7.88. The van der Waals surface area contributed by atoms with Crippen LogP contribution in [0.25, 0.3) is 11.4 Å². The molecule has 2 aromatic heterocycles. The van der Waals surface area contributed by atoms with Gasteiger partial charge in [-0.2, -0.15) is 0 Å². The molecule has 26 heavy (non-hydrogen) atoms. The number of amides is 1. The highest BCUT2D eigenvalue weighted by Gasteiger charge is 2.18. The van der Waals surface area contributed by atoms with E-state index in [1.807, 2.05) is 6.20 Å². The van der Waals surface area contributed by atoms with Gasteiger partial charge in [0.2, 0.25) is 0 Å². The molecule has 0 saturated heterocycles. The van der Waals surface area contributed by atoms with Gasteiger partial charge in [0.1, 0.15) is 11.5 Å². The number of fused-ring (bicyclic) bond motifs is 1. The average Bonchev–Trinajstić information content (AvgIpc) is 3.32. The molecule has 2 heterocycles. The number of aromatic nitrogens is 3. The summed E-state index contributed by atoms with van der Waals surface area (Å²) in [5, 5.41) is 13.8. The number of aromatic amines is 1. The summed E-state index contributed by atoms with van der Waals surface area (Å²) in [4.78, 5) is 34.2. The van der Waals surface area contributed by atoms with Gasteiger partial charge in [0.05, 0.1) is 23.0 Å². The van der Waals surface area contributed by atoms with Crippen LogP contribution in [0.5, 0.6) is 0 Å². The fourth-order valence-corrected chi connectivity index (χ4v) is 3.14. The Morgan fingerprint density at radius 3 is 2.96 bits per heavy atom. The lowest BCUT2D eigenvalue weighted by molar-refractivity contribution is -0.384. The number of imidazole rings is 1. The number of nitrogens with zero attached hydrogens (tertiary/aromatic N) is 3. The first-order valence-electron chi connectivity index (χ1n) is 8.19. The van der Waals surface area contributed by atoms with Crippen molar-refractivity contribution in [2.75, 3.05) is 5.32 Å². The molecule has 0 unspecified atom stereocenters. The Kier molecular flexibility index (Phi) is 3.92. The molecule has 130 valence electrons. The number of nitrogens with one attached hydrogen (secondary N) is 2. The van der Waals surface area contributed by atoms with Crippen molar-refractivity contribution in [2.24, 2.45) is 0 Å². The number of non-ortho nitro benzene ring substituents is 1. The van der Waals surface area contributed by atoms with E-state index < -0.39 is 4.92 Å². The van der Waals surface area contributed by atoms with Gasteiger partial charge in [-0.15, -0.1) is 0 Å². The van der Waals surface area contributed by atoms with Crippen LogP contribution in [0.1, 0.15) is 28.0 Å². The van der Waals surface area contributed by atoms with Crippen molar-refractivity contribution in [2.45, 2.75) is 19.3 Å². The van der Waals surface area contributed by atoms with Crippen LogP contribution in [0.2, 0.25) is 0 Å². The summed E-state index contributed by atoms with van der Waals surface area (Å²) in [6, 6.07) is 6.09. The molecule has 8 nitrogen and oxygen atoms in total. The first-order valence-corrected chi connectivity index (χ1v) is 8.19. The zero-order chi connectivity index (χ0) is 18.1. The van der Waals surface area contributed by atoms with Crippen LogP contribution in [0.3, 0.4) is 0 Å². The Labute approximate surface area is 148 Å². The Morgan fingerprint density at radius 2 is 2.12 bits per heavy atom. The van der Waals surface area contributed by atoms with E-state index in [0.717, 1.165) is 30.5 Å². The maximum atomic E-state index is 12.5. The number of pyridine rings is 1. The molecule has 4 rings (SSSR count). The summed E-state index contributed by atoms with van der Waals surface area (Å²) in [5.41, 5.74) is 3.81. The van der Waals surface area contributed by atoms with Crippen molar-refractivity contribution in [3.63, 3.8) is 0 Å². The van der Waals surface area contributed by atoms with Crippen molar-refractivity contribution in [1.29, 1.82) is 0 Å². The molecule has 1 amide bonds. The first kappa shape index (κ1) is 15.9. The number of benzene rings is 1. The van der Waals surface area contributed by atoms with Crippen molar-refractivity contribution in [3.05, 3.63) is 69.8 Å². The Balaban J connectivity index is 1.57. The van der Waals surface area contributed by atoms with Crippen molar-refractivity contribution in [3.8, 4) is 11.4 Å². The fourth-order valence-electron chi connectivity index (χ4n) is 3.14. The van der Waals surface area contributed by atoms with Crippen molar-refractivity contribution < 1.29 is 9.72 Å². The van der Waals surface area contributed by atoms with Gasteiger partial charge in [0.25, 0.3) is 11.6 Å². The van der Waals surface area contributed by atoms with Crippen molar-refractivity contribution >= 4 is 17.3 Å². The molecule has 0 spiro atoms. The summed E-state index contributed by atoms with van der Waals surface area (Å²) in [7, 11) is 0. The third-order valence-electron chi connectivity index (χ3n) is 4.42. The van der Waals surface area contributed by atoms with Gasteiger partial charge in [0.15, 0.2) is 0 Å². The van der Waals surface area contributed by atoms with Gasteiger partial charge in [-0.3, -0.25) is 19.9 Å². The van der Waals surface area contributed by atoms with E-state index in [2.05, 4.69) is 20.3 Å². The smallest absolute Gasteiger partial charge is 0.273 e. The molecule has 0 radical (unpaired) electrons. The highest BCUT2D eigenvalue weighted by molar-refractivity contribution is 6.03. The van der Waals surface area contributed by atoms with Crippen LogP contribution < -0.4 is 5.32 Å².